The van der Waals surface area contributed by atoms with Crippen LogP contribution in [0.15, 0.2) is 53.3 Å². The van der Waals surface area contributed by atoms with Gasteiger partial charge in [0.05, 0.1) is 7.11 Å². The molecule has 1 aromatic heterocycles. The van der Waals surface area contributed by atoms with Crippen molar-refractivity contribution in [2.45, 2.75) is 6.54 Å². The summed E-state index contributed by atoms with van der Waals surface area (Å²) in [5.74, 6) is 1.58. The number of methoxy groups -OCH3 is 1. The lowest BCUT2D eigenvalue weighted by atomic mass is 10.1. The Morgan fingerprint density at radius 1 is 1.22 bits per heavy atom. The first kappa shape index (κ1) is 15.6. The van der Waals surface area contributed by atoms with Crippen LogP contribution in [0.25, 0.3) is 11.4 Å². The van der Waals surface area contributed by atoms with E-state index in [-0.39, 0.29) is 0 Å². The molecule has 0 atom stereocenters. The number of aryl methyl sites for hydroxylation is 1. The molecule has 5 nitrogen and oxygen atoms in total. The van der Waals surface area contributed by atoms with Crippen LogP contribution in [0.1, 0.15) is 5.56 Å². The second kappa shape index (κ2) is 6.83. The third kappa shape index (κ3) is 3.71. The van der Waals surface area contributed by atoms with Crippen LogP contribution in [0, 0.1) is 0 Å². The van der Waals surface area contributed by atoms with E-state index in [1.807, 2.05) is 49.5 Å². The molecule has 6 heteroatoms. The summed E-state index contributed by atoms with van der Waals surface area (Å²) in [6.45, 7) is 0.676. The molecule has 0 aliphatic carbocycles. The Morgan fingerprint density at radius 3 is 2.83 bits per heavy atom. The molecule has 118 valence electrons. The minimum absolute atomic E-state index is 0.676. The zero-order valence-corrected chi connectivity index (χ0v) is 14.5. The Balaban J connectivity index is 1.76. The van der Waals surface area contributed by atoms with Gasteiger partial charge in [-0.1, -0.05) is 34.1 Å². The quantitative estimate of drug-likeness (QED) is 0.738. The zero-order valence-electron chi connectivity index (χ0n) is 13.0. The molecule has 0 fully saturated rings. The van der Waals surface area contributed by atoms with Gasteiger partial charge in [0.1, 0.15) is 12.1 Å². The highest BCUT2D eigenvalue weighted by atomic mass is 79.9. The summed E-state index contributed by atoms with van der Waals surface area (Å²) < 4.78 is 8.12. The van der Waals surface area contributed by atoms with E-state index in [0.29, 0.717) is 6.54 Å². The van der Waals surface area contributed by atoms with Gasteiger partial charge in [-0.15, -0.1) is 0 Å². The minimum atomic E-state index is 0.676. The number of rotatable bonds is 5. The molecule has 0 bridgehead atoms. The summed E-state index contributed by atoms with van der Waals surface area (Å²) >= 11 is 3.45. The minimum Gasteiger partial charge on any atom is -0.496 e. The molecule has 0 aliphatic rings. The molecule has 0 spiro atoms. The van der Waals surface area contributed by atoms with E-state index in [0.717, 1.165) is 32.9 Å². The molecule has 0 saturated heterocycles. The van der Waals surface area contributed by atoms with Crippen LogP contribution in [-0.2, 0) is 13.6 Å². The Morgan fingerprint density at radius 2 is 2.09 bits per heavy atom. The molecule has 2 aromatic carbocycles. The van der Waals surface area contributed by atoms with Crippen molar-refractivity contribution in [2.24, 2.45) is 7.05 Å². The third-order valence-electron chi connectivity index (χ3n) is 3.45. The molecular formula is C17H17BrN4O. The van der Waals surface area contributed by atoms with Crippen molar-refractivity contribution >= 4 is 21.6 Å². The van der Waals surface area contributed by atoms with Gasteiger partial charge in [-0.05, 0) is 24.3 Å². The SMILES string of the molecule is COc1cc(Br)ccc1CNc1cccc(-c2ncn(C)n2)c1. The summed E-state index contributed by atoms with van der Waals surface area (Å²) in [7, 11) is 3.54. The molecule has 0 aliphatic heterocycles. The summed E-state index contributed by atoms with van der Waals surface area (Å²) in [6.07, 6.45) is 1.70. The zero-order chi connectivity index (χ0) is 16.2. The number of hydrogen-bond acceptors (Lipinski definition) is 4. The van der Waals surface area contributed by atoms with Crippen molar-refractivity contribution < 1.29 is 4.74 Å². The Hall–Kier alpha value is -2.34. The predicted octanol–water partition coefficient (Wildman–Crippen LogP) is 3.87. The standard InChI is InChI=1S/C17H17BrN4O/c1-22-11-20-17(21-22)12-4-3-5-15(8-12)19-10-13-6-7-14(18)9-16(13)23-2/h3-9,11,19H,10H2,1-2H3. The molecule has 23 heavy (non-hydrogen) atoms. The molecule has 0 unspecified atom stereocenters. The van der Waals surface area contributed by atoms with Crippen LogP contribution in [0.4, 0.5) is 5.69 Å². The van der Waals surface area contributed by atoms with Crippen LogP contribution < -0.4 is 10.1 Å². The molecule has 3 rings (SSSR count). The highest BCUT2D eigenvalue weighted by molar-refractivity contribution is 9.10. The average molecular weight is 373 g/mol. The second-order valence-electron chi connectivity index (χ2n) is 5.13. The molecule has 1 N–H and O–H groups in total. The van der Waals surface area contributed by atoms with Gasteiger partial charge in [0.15, 0.2) is 5.82 Å². The molecule has 0 saturated carbocycles. The number of nitrogens with zero attached hydrogens (tertiary/aromatic N) is 3. The number of aromatic nitrogens is 3. The van der Waals surface area contributed by atoms with E-state index in [1.165, 1.54) is 0 Å². The van der Waals surface area contributed by atoms with Crippen molar-refractivity contribution in [3.8, 4) is 17.1 Å². The fraction of sp³-hybridized carbons (Fsp3) is 0.176. The number of ether oxygens (including phenoxy) is 1. The first-order chi connectivity index (χ1) is 11.2. The topological polar surface area (TPSA) is 52.0 Å². The van der Waals surface area contributed by atoms with Crippen LogP contribution >= 0.6 is 15.9 Å². The van der Waals surface area contributed by atoms with Crippen LogP contribution in [-0.4, -0.2) is 21.9 Å². The van der Waals surface area contributed by atoms with Crippen molar-refractivity contribution in [3.63, 3.8) is 0 Å². The maximum absolute atomic E-state index is 5.42. The first-order valence-corrected chi connectivity index (χ1v) is 7.97. The fourth-order valence-electron chi connectivity index (χ4n) is 2.30. The monoisotopic (exact) mass is 372 g/mol. The van der Waals surface area contributed by atoms with Crippen LogP contribution in [0.2, 0.25) is 0 Å². The van der Waals surface area contributed by atoms with E-state index < -0.39 is 0 Å². The summed E-state index contributed by atoms with van der Waals surface area (Å²) in [6, 6.07) is 14.1. The van der Waals surface area contributed by atoms with Gasteiger partial charge >= 0.3 is 0 Å². The van der Waals surface area contributed by atoms with Gasteiger partial charge in [0.25, 0.3) is 0 Å². The lowest BCUT2D eigenvalue weighted by Gasteiger charge is -2.11. The normalized spacial score (nSPS) is 10.6. The summed E-state index contributed by atoms with van der Waals surface area (Å²) in [5.41, 5.74) is 3.09. The van der Waals surface area contributed by atoms with Gasteiger partial charge in [0.2, 0.25) is 0 Å². The second-order valence-corrected chi connectivity index (χ2v) is 6.05. The summed E-state index contributed by atoms with van der Waals surface area (Å²) in [4.78, 5) is 4.28. The van der Waals surface area contributed by atoms with Crippen LogP contribution in [0.3, 0.4) is 0 Å². The number of anilines is 1. The number of halogens is 1. The Bertz CT molecular complexity index is 816. The molecule has 0 radical (unpaired) electrons. The van der Waals surface area contributed by atoms with E-state index in [1.54, 1.807) is 18.1 Å². The van der Waals surface area contributed by atoms with Crippen molar-refractivity contribution in [1.29, 1.82) is 0 Å². The van der Waals surface area contributed by atoms with E-state index in [9.17, 15) is 0 Å². The highest BCUT2D eigenvalue weighted by Crippen LogP contribution is 2.25. The maximum Gasteiger partial charge on any atom is 0.181 e. The van der Waals surface area contributed by atoms with E-state index in [2.05, 4.69) is 31.3 Å². The number of nitrogens with one attached hydrogen (secondary N) is 1. The molecule has 1 heterocycles. The first-order valence-electron chi connectivity index (χ1n) is 7.18. The van der Waals surface area contributed by atoms with Gasteiger partial charge in [-0.25, -0.2) is 4.98 Å². The van der Waals surface area contributed by atoms with Gasteiger partial charge in [-0.2, -0.15) is 5.10 Å². The average Bonchev–Trinajstić information content (AvgIpc) is 3.00. The predicted molar refractivity (Wildman–Crippen MR) is 94.5 cm³/mol. The lowest BCUT2D eigenvalue weighted by molar-refractivity contribution is 0.410. The molecule has 0 amide bonds. The van der Waals surface area contributed by atoms with Gasteiger partial charge in [0, 0.05) is 34.9 Å². The summed E-state index contributed by atoms with van der Waals surface area (Å²) in [5, 5.41) is 7.74. The third-order valence-corrected chi connectivity index (χ3v) is 3.95. The van der Waals surface area contributed by atoms with Gasteiger partial charge in [-0.3, -0.25) is 4.68 Å². The van der Waals surface area contributed by atoms with Crippen LogP contribution in [0.5, 0.6) is 5.75 Å². The molecular weight excluding hydrogens is 356 g/mol. The van der Waals surface area contributed by atoms with Crippen molar-refractivity contribution in [3.05, 3.63) is 58.8 Å². The van der Waals surface area contributed by atoms with E-state index in [4.69, 9.17) is 4.74 Å². The lowest BCUT2D eigenvalue weighted by Crippen LogP contribution is -2.02. The van der Waals surface area contributed by atoms with Crippen molar-refractivity contribution in [2.75, 3.05) is 12.4 Å². The largest absolute Gasteiger partial charge is 0.496 e. The van der Waals surface area contributed by atoms with Crippen molar-refractivity contribution in [1.82, 2.24) is 14.8 Å². The maximum atomic E-state index is 5.42. The Labute approximate surface area is 143 Å². The van der Waals surface area contributed by atoms with Gasteiger partial charge < -0.3 is 10.1 Å². The number of benzene rings is 2. The number of hydrogen-bond donors (Lipinski definition) is 1. The highest BCUT2D eigenvalue weighted by Gasteiger charge is 2.06. The smallest absolute Gasteiger partial charge is 0.181 e. The van der Waals surface area contributed by atoms with E-state index >= 15 is 0 Å². The fourth-order valence-corrected chi connectivity index (χ4v) is 2.64. The Kier molecular flexibility index (Phi) is 4.62. The molecule has 3 aromatic rings.